The largest absolute Gasteiger partial charge is 0.443 e. The molecule has 4 aromatic carbocycles. The number of aromatic nitrogens is 4. The molecule has 0 saturated carbocycles. The average molecular weight is 868 g/mol. The first-order chi connectivity index (χ1) is 29.3. The molecule has 2 atom stereocenters. The van der Waals surface area contributed by atoms with Crippen molar-refractivity contribution in [2.24, 2.45) is 0 Å². The van der Waals surface area contributed by atoms with Crippen LogP contribution in [0.5, 0.6) is 0 Å². The summed E-state index contributed by atoms with van der Waals surface area (Å²) in [7, 11) is -7.75. The number of benzene rings is 4. The summed E-state index contributed by atoms with van der Waals surface area (Å²) in [5.41, 5.74) is 4.33. The minimum absolute atomic E-state index is 0.111. The molecule has 0 saturated heterocycles. The van der Waals surface area contributed by atoms with Gasteiger partial charge < -0.3 is 20.1 Å². The zero-order chi connectivity index (χ0) is 43.4. The van der Waals surface area contributed by atoms with E-state index in [9.17, 15) is 26.4 Å². The zero-order valence-electron chi connectivity index (χ0n) is 34.1. The van der Waals surface area contributed by atoms with E-state index >= 15 is 0 Å². The number of amides is 2. The Hall–Kier alpha value is -6.30. The van der Waals surface area contributed by atoms with E-state index in [2.05, 4.69) is 25.5 Å². The van der Waals surface area contributed by atoms with Gasteiger partial charge in [0.2, 0.25) is 0 Å². The Kier molecular flexibility index (Phi) is 14.7. The number of rotatable bonds is 19. The van der Waals surface area contributed by atoms with Gasteiger partial charge in [0.25, 0.3) is 20.0 Å². The van der Waals surface area contributed by atoms with E-state index in [4.69, 9.17) is 9.47 Å². The summed E-state index contributed by atoms with van der Waals surface area (Å²) in [6.45, 7) is 6.55. The molecule has 0 fully saturated rings. The fourth-order valence-corrected chi connectivity index (χ4v) is 8.85. The van der Waals surface area contributed by atoms with Gasteiger partial charge in [-0.2, -0.15) is 0 Å². The quantitative estimate of drug-likeness (QED) is 0.0994. The second-order valence-electron chi connectivity index (χ2n) is 14.6. The molecule has 17 heteroatoms. The third kappa shape index (κ3) is 12.4. The Labute approximate surface area is 356 Å². The molecule has 2 aromatic heterocycles. The van der Waals surface area contributed by atoms with E-state index in [-0.39, 0.29) is 34.4 Å². The van der Waals surface area contributed by atoms with Crippen molar-refractivity contribution in [1.82, 2.24) is 33.4 Å². The third-order valence-corrected chi connectivity index (χ3v) is 13.1. The molecule has 0 aliphatic rings. The lowest BCUT2D eigenvalue weighted by molar-refractivity contribution is 0.125. The van der Waals surface area contributed by atoms with Gasteiger partial charge in [-0.3, -0.25) is 4.90 Å². The fourth-order valence-electron chi connectivity index (χ4n) is 6.54. The predicted octanol–water partition coefficient (Wildman–Crippen LogP) is 5.87. The van der Waals surface area contributed by atoms with Gasteiger partial charge in [-0.15, -0.1) is 0 Å². The Bertz CT molecular complexity index is 2400. The van der Waals surface area contributed by atoms with Crippen LogP contribution in [0.15, 0.2) is 144 Å². The maximum absolute atomic E-state index is 13.3. The topological polar surface area (TPSA) is 184 Å². The van der Waals surface area contributed by atoms with Crippen molar-refractivity contribution in [3.63, 3.8) is 0 Å². The van der Waals surface area contributed by atoms with Crippen molar-refractivity contribution in [2.45, 2.75) is 68.7 Å². The van der Waals surface area contributed by atoms with E-state index in [1.165, 1.54) is 49.3 Å². The average Bonchev–Trinajstić information content (AvgIpc) is 3.95. The second-order valence-corrected chi connectivity index (χ2v) is 18.3. The van der Waals surface area contributed by atoms with Crippen LogP contribution < -0.4 is 10.6 Å². The van der Waals surface area contributed by atoms with E-state index in [1.807, 2.05) is 81.4 Å². The number of carbonyl (C=O) groups is 2. The van der Waals surface area contributed by atoms with Crippen LogP contribution in [0.4, 0.5) is 9.59 Å². The van der Waals surface area contributed by atoms with Gasteiger partial charge in [0.1, 0.15) is 25.9 Å². The molecule has 0 aliphatic carbocycles. The summed E-state index contributed by atoms with van der Waals surface area (Å²) < 4.78 is 65.5. The monoisotopic (exact) mass is 867 g/mol. The molecule has 0 aliphatic heterocycles. The van der Waals surface area contributed by atoms with Crippen LogP contribution in [0.1, 0.15) is 40.6 Å². The highest BCUT2D eigenvalue weighted by atomic mass is 32.2. The molecule has 2 amide bonds. The zero-order valence-corrected chi connectivity index (χ0v) is 35.8. The molecule has 0 radical (unpaired) electrons. The van der Waals surface area contributed by atoms with E-state index in [0.717, 1.165) is 30.2 Å². The fraction of sp³-hybridized carbons (Fsp3) is 0.273. The number of alkyl carbamates (subject to hydrolysis) is 2. The number of hydrogen-bond acceptors (Lipinski definition) is 11. The number of imidazole rings is 2. The van der Waals surface area contributed by atoms with Crippen LogP contribution in [0, 0.1) is 13.8 Å². The van der Waals surface area contributed by atoms with Crippen molar-refractivity contribution in [3.05, 3.63) is 168 Å². The lowest BCUT2D eigenvalue weighted by Crippen LogP contribution is -2.50. The first-order valence-electron chi connectivity index (χ1n) is 19.7. The molecule has 6 aromatic rings. The first-order valence-corrected chi connectivity index (χ1v) is 22.5. The van der Waals surface area contributed by atoms with E-state index < -0.39 is 44.3 Å². The van der Waals surface area contributed by atoms with Crippen molar-refractivity contribution < 1.29 is 35.9 Å². The van der Waals surface area contributed by atoms with E-state index in [1.54, 1.807) is 24.3 Å². The lowest BCUT2D eigenvalue weighted by Gasteiger charge is -2.30. The minimum Gasteiger partial charge on any atom is -0.443 e. The Morgan fingerprint density at radius 1 is 0.607 bits per heavy atom. The molecular weight excluding hydrogens is 819 g/mol. The predicted molar refractivity (Wildman–Crippen MR) is 229 cm³/mol. The third-order valence-electron chi connectivity index (χ3n) is 9.82. The molecule has 6 rings (SSSR count). The number of aryl methyl sites for hydroxylation is 2. The van der Waals surface area contributed by atoms with Crippen molar-refractivity contribution in [3.8, 4) is 0 Å². The molecule has 0 bridgehead atoms. The Morgan fingerprint density at radius 2 is 0.984 bits per heavy atom. The van der Waals surface area contributed by atoms with Crippen LogP contribution in [0.3, 0.4) is 0 Å². The molecule has 15 nitrogen and oxygen atoms in total. The molecule has 2 N–H and O–H groups in total. The molecular formula is C44H49N7O8S2. The molecule has 0 spiro atoms. The smallest absolute Gasteiger partial charge is 0.407 e. The summed E-state index contributed by atoms with van der Waals surface area (Å²) in [5.74, 6) is 0. The normalized spacial score (nSPS) is 12.7. The standard InChI is InChI=1S/C44H49N7O8S2/c1-4-49(25-37(23-35-11-7-5-8-12-35)47-43(52)58-29-39-27-50(31-45-39)60(54,55)41-19-15-33(2)16-20-41)26-38(24-36-13-9-6-10-14-36)48-44(53)59-30-40-28-51(32-46-40)61(56,57)42-21-17-34(3)18-22-42/h5-22,27-28,31-32,37-38H,4,23-26,29-30H2,1-3H3,(H,47,52)(H,48,53)/t37-,38-/m0/s1. The lowest BCUT2D eigenvalue weighted by atomic mass is 10.0. The summed E-state index contributed by atoms with van der Waals surface area (Å²) in [6, 6.07) is 31.5. The second kappa shape index (κ2) is 20.3. The first kappa shape index (κ1) is 44.3. The summed E-state index contributed by atoms with van der Waals surface area (Å²) in [4.78, 5) is 37.2. The van der Waals surface area contributed by atoms with Gasteiger partial charge in [0.15, 0.2) is 0 Å². The van der Waals surface area contributed by atoms with Gasteiger partial charge in [-0.25, -0.2) is 44.3 Å². The number of carbonyl (C=O) groups excluding carboxylic acids is 2. The van der Waals surface area contributed by atoms with Crippen LogP contribution in [-0.4, -0.2) is 83.6 Å². The molecule has 2 heterocycles. The highest BCUT2D eigenvalue weighted by molar-refractivity contribution is 7.90. The van der Waals surface area contributed by atoms with Gasteiger partial charge >= 0.3 is 12.2 Å². The highest BCUT2D eigenvalue weighted by Gasteiger charge is 2.24. The number of likely N-dealkylation sites (N-methyl/N-ethyl adjacent to an activating group) is 1. The van der Waals surface area contributed by atoms with Gasteiger partial charge in [-0.1, -0.05) is 103 Å². The number of hydrogen-bond donors (Lipinski definition) is 2. The number of ether oxygens (including phenoxy) is 2. The van der Waals surface area contributed by atoms with Gasteiger partial charge in [0, 0.05) is 37.6 Å². The van der Waals surface area contributed by atoms with Crippen LogP contribution in [0.25, 0.3) is 0 Å². The van der Waals surface area contributed by atoms with Gasteiger partial charge in [-0.05, 0) is 68.6 Å². The molecule has 0 unspecified atom stereocenters. The number of nitrogens with one attached hydrogen (secondary N) is 2. The van der Waals surface area contributed by atoms with Gasteiger partial charge in [0.05, 0.1) is 21.2 Å². The SMILES string of the molecule is CCN(C[C@H](Cc1ccccc1)NC(=O)OCc1cn(S(=O)(=O)c2ccc(C)cc2)cn1)C[C@H](Cc1ccccc1)NC(=O)OCc1cn(S(=O)(=O)c2ccc(C)cc2)cn1. The summed E-state index contributed by atoms with van der Waals surface area (Å²) in [6.07, 6.45) is 4.52. The number of nitrogens with zero attached hydrogens (tertiary/aromatic N) is 5. The van der Waals surface area contributed by atoms with E-state index in [0.29, 0.717) is 32.5 Å². The molecule has 320 valence electrons. The molecule has 61 heavy (non-hydrogen) atoms. The maximum atomic E-state index is 13.3. The Morgan fingerprint density at radius 3 is 1.34 bits per heavy atom. The maximum Gasteiger partial charge on any atom is 0.407 e. The van der Waals surface area contributed by atoms with Crippen LogP contribution >= 0.6 is 0 Å². The summed E-state index contributed by atoms with van der Waals surface area (Å²) in [5, 5.41) is 5.95. The Balaban J connectivity index is 1.09. The van der Waals surface area contributed by atoms with Crippen LogP contribution in [0.2, 0.25) is 0 Å². The van der Waals surface area contributed by atoms with Crippen molar-refractivity contribution in [1.29, 1.82) is 0 Å². The summed E-state index contributed by atoms with van der Waals surface area (Å²) >= 11 is 0. The van der Waals surface area contributed by atoms with Crippen molar-refractivity contribution >= 4 is 32.2 Å². The highest BCUT2D eigenvalue weighted by Crippen LogP contribution is 2.17. The minimum atomic E-state index is -3.88. The van der Waals surface area contributed by atoms with Crippen LogP contribution in [-0.2, 0) is 55.6 Å². The van der Waals surface area contributed by atoms with Crippen molar-refractivity contribution in [2.75, 3.05) is 19.6 Å².